The summed E-state index contributed by atoms with van der Waals surface area (Å²) >= 11 is 0. The number of hydrogen-bond donors (Lipinski definition) is 0. The lowest BCUT2D eigenvalue weighted by Gasteiger charge is -2.24. The normalized spacial score (nSPS) is 22.3. The molecule has 1 aromatic heterocycles. The van der Waals surface area contributed by atoms with E-state index in [0.29, 0.717) is 54.4 Å². The summed E-state index contributed by atoms with van der Waals surface area (Å²) in [6.07, 6.45) is 5.26. The maximum atomic E-state index is 13.3. The van der Waals surface area contributed by atoms with Gasteiger partial charge in [-0.3, -0.25) is 0 Å². The number of rotatable bonds is 4. The summed E-state index contributed by atoms with van der Waals surface area (Å²) in [5.74, 6) is 0.419. The first-order valence-electron chi connectivity index (χ1n) is 15.1. The molecule has 3 unspecified atom stereocenters. The van der Waals surface area contributed by atoms with Gasteiger partial charge >= 0.3 is 11.9 Å². The zero-order chi connectivity index (χ0) is 30.2. The molecular formula is C32H42N4O7. The summed E-state index contributed by atoms with van der Waals surface area (Å²) in [4.78, 5) is 35.4. The number of ether oxygens (including phenoxy) is 5. The van der Waals surface area contributed by atoms with Crippen molar-refractivity contribution in [3.8, 4) is 17.2 Å². The number of fused-ring (bicyclic) bond motifs is 6. The van der Waals surface area contributed by atoms with Crippen LogP contribution in [-0.2, 0) is 16.5 Å². The van der Waals surface area contributed by atoms with Crippen LogP contribution in [0.1, 0.15) is 52.8 Å². The predicted octanol–water partition coefficient (Wildman–Crippen LogP) is 3.93. The lowest BCUT2D eigenvalue weighted by Crippen LogP contribution is -2.34. The van der Waals surface area contributed by atoms with Crippen molar-refractivity contribution in [1.29, 1.82) is 0 Å². The Morgan fingerprint density at radius 2 is 1.65 bits per heavy atom. The highest BCUT2D eigenvalue weighted by molar-refractivity contribution is 5.93. The molecule has 5 rings (SSSR count). The van der Waals surface area contributed by atoms with Crippen molar-refractivity contribution in [2.75, 3.05) is 66.7 Å². The number of cyclic esters (lactones) is 1. The zero-order valence-corrected chi connectivity index (χ0v) is 25.4. The van der Waals surface area contributed by atoms with Crippen LogP contribution in [0.2, 0.25) is 0 Å². The van der Waals surface area contributed by atoms with Gasteiger partial charge < -0.3 is 38.1 Å². The van der Waals surface area contributed by atoms with Gasteiger partial charge in [0.25, 0.3) is 0 Å². The molecule has 3 heterocycles. The number of benzene rings is 2. The fourth-order valence-electron chi connectivity index (χ4n) is 5.73. The van der Waals surface area contributed by atoms with Gasteiger partial charge in [-0.2, -0.15) is 0 Å². The molecule has 0 aliphatic carbocycles. The van der Waals surface area contributed by atoms with E-state index >= 15 is 0 Å². The van der Waals surface area contributed by atoms with Crippen LogP contribution in [0.4, 0.5) is 0 Å². The van der Waals surface area contributed by atoms with Crippen LogP contribution in [0.25, 0.3) is 11.0 Å². The number of carbonyl (C=O) groups is 2. The third-order valence-corrected chi connectivity index (χ3v) is 8.14. The van der Waals surface area contributed by atoms with Gasteiger partial charge in [0.15, 0.2) is 11.5 Å². The number of methoxy groups -OCH3 is 2. The highest BCUT2D eigenvalue weighted by atomic mass is 16.5. The maximum Gasteiger partial charge on any atom is 0.338 e. The van der Waals surface area contributed by atoms with Crippen LogP contribution >= 0.6 is 0 Å². The summed E-state index contributed by atoms with van der Waals surface area (Å²) in [6, 6.07) is 8.71. The van der Waals surface area contributed by atoms with Crippen molar-refractivity contribution in [3.05, 3.63) is 47.8 Å². The second-order valence-corrected chi connectivity index (χ2v) is 11.1. The van der Waals surface area contributed by atoms with E-state index in [-0.39, 0.29) is 12.1 Å². The number of imidazole rings is 1. The molecule has 2 aliphatic heterocycles. The number of hydrogen-bond acceptors (Lipinski definition) is 10. The first-order chi connectivity index (χ1) is 20.9. The fourth-order valence-corrected chi connectivity index (χ4v) is 5.73. The van der Waals surface area contributed by atoms with E-state index in [0.717, 1.165) is 69.6 Å². The third kappa shape index (κ3) is 7.77. The molecule has 43 heavy (non-hydrogen) atoms. The van der Waals surface area contributed by atoms with Gasteiger partial charge in [0, 0.05) is 33.2 Å². The van der Waals surface area contributed by atoms with Gasteiger partial charge in [-0.15, -0.1) is 0 Å². The van der Waals surface area contributed by atoms with E-state index in [1.165, 1.54) is 14.2 Å². The SMILES string of the molecule is COc1cc2cc(c1OC)OCCCC(OC(=O)c1ccc3c(c1)ncn3C)CCN1CCCN(CCCOC2=O)CC1. The Labute approximate surface area is 252 Å². The van der Waals surface area contributed by atoms with E-state index in [9.17, 15) is 9.59 Å². The third-order valence-electron chi connectivity index (χ3n) is 8.14. The van der Waals surface area contributed by atoms with Gasteiger partial charge in [0.05, 0.1) is 55.9 Å². The van der Waals surface area contributed by atoms with Crippen LogP contribution in [0.5, 0.6) is 17.2 Å². The van der Waals surface area contributed by atoms with E-state index in [1.807, 2.05) is 17.7 Å². The topological polar surface area (TPSA) is 105 Å². The molecule has 11 nitrogen and oxygen atoms in total. The Morgan fingerprint density at radius 3 is 2.44 bits per heavy atom. The summed E-state index contributed by atoms with van der Waals surface area (Å²) < 4.78 is 30.7. The van der Waals surface area contributed by atoms with Gasteiger partial charge in [-0.1, -0.05) is 0 Å². The van der Waals surface area contributed by atoms with Gasteiger partial charge in [0.2, 0.25) is 5.75 Å². The molecule has 0 spiro atoms. The molecule has 2 aromatic carbocycles. The standard InChI is InChI=1S/C32H42N4O7/c1-34-22-33-26-19-23(8-9-27(26)34)32(38)43-25-7-4-17-41-29-21-24(20-28(39-2)30(29)40-3)31(37)42-18-6-13-35-11-5-12-36(14-10-25)16-15-35/h8-9,19-22,25H,4-7,10-18H2,1-3H3. The maximum absolute atomic E-state index is 13.3. The predicted molar refractivity (Wildman–Crippen MR) is 161 cm³/mol. The molecule has 1 fully saturated rings. The molecule has 3 atom stereocenters. The van der Waals surface area contributed by atoms with Crippen molar-refractivity contribution in [1.82, 2.24) is 19.4 Å². The number of aryl methyl sites for hydroxylation is 1. The van der Waals surface area contributed by atoms with Crippen LogP contribution in [0.15, 0.2) is 36.7 Å². The second kappa shape index (κ2) is 14.6. The van der Waals surface area contributed by atoms with Crippen LogP contribution in [-0.4, -0.2) is 104 Å². The number of aromatic nitrogens is 2. The lowest BCUT2D eigenvalue weighted by atomic mass is 10.1. The first kappa shape index (κ1) is 30.6. The molecule has 232 valence electrons. The average molecular weight is 595 g/mol. The van der Waals surface area contributed by atoms with Gasteiger partial charge in [-0.05, 0) is 75.5 Å². The molecule has 11 heteroatoms. The molecule has 0 radical (unpaired) electrons. The van der Waals surface area contributed by atoms with Crippen LogP contribution in [0.3, 0.4) is 0 Å². The molecule has 0 N–H and O–H groups in total. The van der Waals surface area contributed by atoms with Crippen molar-refractivity contribution >= 4 is 23.0 Å². The Bertz CT molecular complexity index is 1410. The van der Waals surface area contributed by atoms with E-state index in [4.69, 9.17) is 23.7 Å². The van der Waals surface area contributed by atoms with E-state index < -0.39 is 5.97 Å². The Kier molecular flexibility index (Phi) is 10.4. The van der Waals surface area contributed by atoms with Crippen LogP contribution in [0, 0.1) is 0 Å². The second-order valence-electron chi connectivity index (χ2n) is 11.1. The molecule has 2 aliphatic rings. The minimum atomic E-state index is -0.429. The van der Waals surface area contributed by atoms with Crippen molar-refractivity contribution in [2.24, 2.45) is 7.05 Å². The quantitative estimate of drug-likeness (QED) is 0.413. The van der Waals surface area contributed by atoms with Crippen molar-refractivity contribution in [3.63, 3.8) is 0 Å². The van der Waals surface area contributed by atoms with Gasteiger partial charge in [-0.25, -0.2) is 14.6 Å². The van der Waals surface area contributed by atoms with Crippen LogP contribution < -0.4 is 14.2 Å². The Morgan fingerprint density at radius 1 is 0.884 bits per heavy atom. The molecular weight excluding hydrogens is 552 g/mol. The number of nitrogens with zero attached hydrogens (tertiary/aromatic N) is 4. The number of carbonyl (C=O) groups excluding carboxylic acids is 2. The largest absolute Gasteiger partial charge is 0.493 e. The fraction of sp³-hybridized carbons (Fsp3) is 0.531. The van der Waals surface area contributed by atoms with E-state index in [2.05, 4.69) is 14.8 Å². The highest BCUT2D eigenvalue weighted by Gasteiger charge is 2.22. The summed E-state index contributed by atoms with van der Waals surface area (Å²) in [5, 5.41) is 0. The van der Waals surface area contributed by atoms with Crippen molar-refractivity contribution < 1.29 is 33.3 Å². The molecule has 0 saturated carbocycles. The molecule has 1 saturated heterocycles. The Balaban J connectivity index is 1.33. The summed E-state index contributed by atoms with van der Waals surface area (Å²) in [6.45, 7) is 6.30. The lowest BCUT2D eigenvalue weighted by molar-refractivity contribution is 0.0221. The Hall–Kier alpha value is -3.83. The highest BCUT2D eigenvalue weighted by Crippen LogP contribution is 2.39. The molecule has 0 amide bonds. The first-order valence-corrected chi connectivity index (χ1v) is 15.1. The average Bonchev–Trinajstić information content (AvgIpc) is 3.24. The minimum absolute atomic E-state index is 0.283. The summed E-state index contributed by atoms with van der Waals surface area (Å²) in [7, 11) is 4.98. The monoisotopic (exact) mass is 594 g/mol. The zero-order valence-electron chi connectivity index (χ0n) is 25.4. The molecule has 3 aromatic rings. The van der Waals surface area contributed by atoms with E-state index in [1.54, 1.807) is 30.6 Å². The summed E-state index contributed by atoms with van der Waals surface area (Å²) in [5.41, 5.74) is 2.55. The van der Waals surface area contributed by atoms with Gasteiger partial charge in [0.1, 0.15) is 6.10 Å². The molecule has 4 bridgehead atoms. The minimum Gasteiger partial charge on any atom is -0.493 e. The number of esters is 2. The smallest absolute Gasteiger partial charge is 0.338 e. The van der Waals surface area contributed by atoms with Crippen molar-refractivity contribution in [2.45, 2.75) is 38.2 Å².